The van der Waals surface area contributed by atoms with E-state index in [2.05, 4.69) is 10.3 Å². The number of pyridine rings is 1. The quantitative estimate of drug-likeness (QED) is 0.898. The third kappa shape index (κ3) is 2.50. The van der Waals surface area contributed by atoms with Crippen LogP contribution in [0.25, 0.3) is 0 Å². The molecule has 21 heavy (non-hydrogen) atoms. The van der Waals surface area contributed by atoms with Crippen molar-refractivity contribution in [3.05, 3.63) is 28.5 Å². The molecule has 4 unspecified atom stereocenters. The molecule has 2 N–H and O–H groups in total. The number of aliphatic carboxylic acids is 1. The molecule has 1 aromatic rings. The van der Waals surface area contributed by atoms with E-state index in [1.165, 1.54) is 6.20 Å². The van der Waals surface area contributed by atoms with Crippen molar-refractivity contribution >= 4 is 23.5 Å². The molecule has 2 aliphatic rings. The van der Waals surface area contributed by atoms with Crippen LogP contribution < -0.4 is 5.32 Å². The zero-order chi connectivity index (χ0) is 15.1. The van der Waals surface area contributed by atoms with Crippen LogP contribution in [0.3, 0.4) is 0 Å². The minimum absolute atomic E-state index is 0.185. The largest absolute Gasteiger partial charge is 0.481 e. The fraction of sp³-hybridized carbons (Fsp3) is 0.533. The first-order valence-electron chi connectivity index (χ1n) is 7.13. The van der Waals surface area contributed by atoms with Crippen LogP contribution in [-0.2, 0) is 4.79 Å². The molecule has 2 aliphatic carbocycles. The Morgan fingerprint density at radius 3 is 2.76 bits per heavy atom. The summed E-state index contributed by atoms with van der Waals surface area (Å²) in [5.74, 6) is -1.19. The number of fused-ring (bicyclic) bond motifs is 2. The van der Waals surface area contributed by atoms with Crippen molar-refractivity contribution in [1.29, 1.82) is 0 Å². The molecule has 112 valence electrons. The predicted molar refractivity (Wildman–Crippen MR) is 77.2 cm³/mol. The fourth-order valence-electron chi connectivity index (χ4n) is 3.78. The maximum Gasteiger partial charge on any atom is 0.308 e. The van der Waals surface area contributed by atoms with Crippen molar-refractivity contribution in [3.63, 3.8) is 0 Å². The summed E-state index contributed by atoms with van der Waals surface area (Å²) in [4.78, 5) is 27.9. The monoisotopic (exact) mass is 308 g/mol. The summed E-state index contributed by atoms with van der Waals surface area (Å²) < 4.78 is 0. The van der Waals surface area contributed by atoms with Crippen molar-refractivity contribution in [2.75, 3.05) is 0 Å². The summed E-state index contributed by atoms with van der Waals surface area (Å²) >= 11 is 6.07. The number of rotatable bonds is 3. The van der Waals surface area contributed by atoms with Crippen LogP contribution in [0.1, 0.15) is 35.3 Å². The molecule has 0 aliphatic heterocycles. The molecule has 0 aromatic carbocycles. The summed E-state index contributed by atoms with van der Waals surface area (Å²) in [6.07, 6.45) is 4.26. The second-order valence-corrected chi connectivity index (χ2v) is 6.41. The molecule has 2 saturated carbocycles. The smallest absolute Gasteiger partial charge is 0.308 e. The van der Waals surface area contributed by atoms with Crippen molar-refractivity contribution in [3.8, 4) is 0 Å². The number of aryl methyl sites for hydroxylation is 1. The van der Waals surface area contributed by atoms with Gasteiger partial charge < -0.3 is 10.4 Å². The van der Waals surface area contributed by atoms with E-state index in [9.17, 15) is 14.7 Å². The van der Waals surface area contributed by atoms with Gasteiger partial charge in [0.2, 0.25) is 0 Å². The molecule has 4 atom stereocenters. The molecule has 1 aromatic heterocycles. The Balaban J connectivity index is 1.79. The lowest BCUT2D eigenvalue weighted by atomic mass is 9.84. The first-order valence-corrected chi connectivity index (χ1v) is 7.51. The van der Waals surface area contributed by atoms with Gasteiger partial charge in [-0.2, -0.15) is 0 Å². The van der Waals surface area contributed by atoms with Gasteiger partial charge in [0.25, 0.3) is 5.91 Å². The van der Waals surface area contributed by atoms with E-state index in [1.807, 2.05) is 0 Å². The van der Waals surface area contributed by atoms with Crippen molar-refractivity contribution in [2.24, 2.45) is 17.8 Å². The van der Waals surface area contributed by atoms with Crippen LogP contribution in [0.2, 0.25) is 5.02 Å². The average Bonchev–Trinajstić information content (AvgIpc) is 2.98. The summed E-state index contributed by atoms with van der Waals surface area (Å²) in [7, 11) is 0. The minimum Gasteiger partial charge on any atom is -0.481 e. The lowest BCUT2D eigenvalue weighted by molar-refractivity contribution is -0.144. The summed E-state index contributed by atoms with van der Waals surface area (Å²) in [6.45, 7) is 1.80. The molecule has 6 heteroatoms. The molecule has 2 bridgehead atoms. The standard InChI is InChI=1S/C15H17ClN2O3/c1-7-4-11(16)10(6-17-7)14(19)18-13-9-3-2-8(5-9)12(13)15(20)21/h4,6,8-9,12-13H,2-3,5H2,1H3,(H,18,19)(H,20,21). The Labute approximate surface area is 127 Å². The van der Waals surface area contributed by atoms with E-state index in [0.717, 1.165) is 25.0 Å². The highest BCUT2D eigenvalue weighted by Gasteiger charge is 2.51. The number of aromatic nitrogens is 1. The highest BCUT2D eigenvalue weighted by molar-refractivity contribution is 6.33. The van der Waals surface area contributed by atoms with Gasteiger partial charge in [0, 0.05) is 17.9 Å². The lowest BCUT2D eigenvalue weighted by Gasteiger charge is -2.28. The lowest BCUT2D eigenvalue weighted by Crippen LogP contribution is -2.46. The van der Waals surface area contributed by atoms with Crippen LogP contribution in [0, 0.1) is 24.7 Å². The van der Waals surface area contributed by atoms with Gasteiger partial charge in [-0.1, -0.05) is 11.6 Å². The minimum atomic E-state index is -0.819. The van der Waals surface area contributed by atoms with Crippen LogP contribution in [0.5, 0.6) is 0 Å². The van der Waals surface area contributed by atoms with Gasteiger partial charge in [0.05, 0.1) is 16.5 Å². The average molecular weight is 309 g/mol. The van der Waals surface area contributed by atoms with Gasteiger partial charge in [0.1, 0.15) is 0 Å². The summed E-state index contributed by atoms with van der Waals surface area (Å²) in [5.41, 5.74) is 1.04. The number of carboxylic acid groups (broad SMARTS) is 1. The molecule has 5 nitrogen and oxygen atoms in total. The van der Waals surface area contributed by atoms with Crippen LogP contribution in [0.4, 0.5) is 0 Å². The Morgan fingerprint density at radius 1 is 1.38 bits per heavy atom. The number of halogens is 1. The molecular weight excluding hydrogens is 292 g/mol. The molecule has 0 saturated heterocycles. The Hall–Kier alpha value is -1.62. The second kappa shape index (κ2) is 5.30. The number of carboxylic acids is 1. The number of nitrogens with zero attached hydrogens (tertiary/aromatic N) is 1. The van der Waals surface area contributed by atoms with Crippen LogP contribution in [0.15, 0.2) is 12.3 Å². The number of hydrogen-bond donors (Lipinski definition) is 2. The van der Waals surface area contributed by atoms with Gasteiger partial charge in [-0.3, -0.25) is 14.6 Å². The normalized spacial score (nSPS) is 30.4. The molecule has 0 radical (unpaired) electrons. The highest BCUT2D eigenvalue weighted by atomic mass is 35.5. The van der Waals surface area contributed by atoms with E-state index in [4.69, 9.17) is 11.6 Å². The third-order valence-corrected chi connectivity index (χ3v) is 5.05. The molecule has 1 heterocycles. The second-order valence-electron chi connectivity index (χ2n) is 6.00. The number of hydrogen-bond acceptors (Lipinski definition) is 3. The topological polar surface area (TPSA) is 79.3 Å². The first kappa shape index (κ1) is 14.3. The first-order chi connectivity index (χ1) is 9.97. The number of carbonyl (C=O) groups is 2. The van der Waals surface area contributed by atoms with Gasteiger partial charge in [-0.05, 0) is 44.1 Å². The van der Waals surface area contributed by atoms with Gasteiger partial charge in [-0.15, -0.1) is 0 Å². The van der Waals surface area contributed by atoms with Crippen molar-refractivity contribution < 1.29 is 14.7 Å². The number of carbonyl (C=O) groups excluding carboxylic acids is 1. The van der Waals surface area contributed by atoms with Gasteiger partial charge in [0.15, 0.2) is 0 Å². The van der Waals surface area contributed by atoms with E-state index < -0.39 is 11.9 Å². The van der Waals surface area contributed by atoms with E-state index in [-0.39, 0.29) is 23.8 Å². The van der Waals surface area contributed by atoms with Crippen LogP contribution >= 0.6 is 11.6 Å². The fourth-order valence-corrected chi connectivity index (χ4v) is 4.07. The van der Waals surface area contributed by atoms with E-state index in [0.29, 0.717) is 10.6 Å². The molecule has 0 spiro atoms. The van der Waals surface area contributed by atoms with Crippen molar-refractivity contribution in [2.45, 2.75) is 32.2 Å². The third-order valence-electron chi connectivity index (χ3n) is 4.73. The molecule has 3 rings (SSSR count). The molecule has 1 amide bonds. The maximum absolute atomic E-state index is 12.3. The predicted octanol–water partition coefficient (Wildman–Crippen LogP) is 2.27. The van der Waals surface area contributed by atoms with Crippen LogP contribution in [-0.4, -0.2) is 28.0 Å². The van der Waals surface area contributed by atoms with E-state index >= 15 is 0 Å². The Kier molecular flexibility index (Phi) is 3.61. The molecular formula is C15H17ClN2O3. The highest BCUT2D eigenvalue weighted by Crippen LogP contribution is 2.48. The summed E-state index contributed by atoms with van der Waals surface area (Å²) in [5, 5.41) is 12.6. The Bertz CT molecular complexity index is 605. The number of amides is 1. The van der Waals surface area contributed by atoms with Gasteiger partial charge in [-0.25, -0.2) is 0 Å². The van der Waals surface area contributed by atoms with E-state index in [1.54, 1.807) is 13.0 Å². The zero-order valence-corrected chi connectivity index (χ0v) is 12.4. The SMILES string of the molecule is Cc1cc(Cl)c(C(=O)NC2C3CCC(C3)C2C(=O)O)cn1. The zero-order valence-electron chi connectivity index (χ0n) is 11.7. The Morgan fingerprint density at radius 2 is 2.10 bits per heavy atom. The van der Waals surface area contributed by atoms with Gasteiger partial charge >= 0.3 is 5.97 Å². The maximum atomic E-state index is 12.3. The summed E-state index contributed by atoms with van der Waals surface area (Å²) in [6, 6.07) is 1.33. The molecule has 2 fully saturated rings. The van der Waals surface area contributed by atoms with Crippen molar-refractivity contribution in [1.82, 2.24) is 10.3 Å². The number of nitrogens with one attached hydrogen (secondary N) is 1.